The maximum Gasteiger partial charge on any atom is 0.404 e. The highest BCUT2D eigenvalue weighted by Crippen LogP contribution is 2.26. The first kappa shape index (κ1) is 9.36. The molecule has 0 spiro atoms. The van der Waals surface area contributed by atoms with Crippen LogP contribution in [0.5, 0.6) is 0 Å². The maximum atomic E-state index is 10.4. The van der Waals surface area contributed by atoms with Gasteiger partial charge in [0.1, 0.15) is 0 Å². The number of carbonyl (C=O) groups is 1. The Morgan fingerprint density at radius 1 is 1.50 bits per heavy atom. The van der Waals surface area contributed by atoms with E-state index in [1.165, 1.54) is 19.3 Å². The second-order valence-corrected chi connectivity index (χ2v) is 3.51. The zero-order valence-corrected chi connectivity index (χ0v) is 7.55. The Balaban J connectivity index is 2.41. The third-order valence-electron chi connectivity index (χ3n) is 2.74. The van der Waals surface area contributed by atoms with Crippen LogP contribution in [0.3, 0.4) is 0 Å². The van der Waals surface area contributed by atoms with Crippen LogP contribution in [0.25, 0.3) is 0 Å². The molecular weight excluding hydrogens is 154 g/mol. The number of rotatable bonds is 2. The van der Waals surface area contributed by atoms with Crippen molar-refractivity contribution in [3.63, 3.8) is 0 Å². The van der Waals surface area contributed by atoms with E-state index in [0.717, 1.165) is 12.8 Å². The molecule has 0 aliphatic heterocycles. The zero-order valence-electron chi connectivity index (χ0n) is 7.55. The predicted octanol–water partition coefficient (Wildman–Crippen LogP) is 2.22. The maximum absolute atomic E-state index is 10.4. The van der Waals surface area contributed by atoms with Gasteiger partial charge in [-0.2, -0.15) is 0 Å². The molecule has 0 bridgehead atoms. The number of hydrogen-bond acceptors (Lipinski definition) is 1. The summed E-state index contributed by atoms with van der Waals surface area (Å²) in [4.78, 5) is 10.4. The lowest BCUT2D eigenvalue weighted by Gasteiger charge is -2.30. The van der Waals surface area contributed by atoms with Gasteiger partial charge >= 0.3 is 6.09 Å². The van der Waals surface area contributed by atoms with E-state index in [9.17, 15) is 4.79 Å². The van der Waals surface area contributed by atoms with E-state index >= 15 is 0 Å². The zero-order chi connectivity index (χ0) is 8.97. The van der Waals surface area contributed by atoms with Gasteiger partial charge in [-0.3, -0.25) is 0 Å². The van der Waals surface area contributed by atoms with E-state index in [2.05, 4.69) is 12.2 Å². The van der Waals surface area contributed by atoms with Gasteiger partial charge in [0, 0.05) is 6.04 Å². The minimum absolute atomic E-state index is 0.209. The highest BCUT2D eigenvalue weighted by atomic mass is 16.4. The molecule has 1 aliphatic carbocycles. The molecule has 0 saturated heterocycles. The summed E-state index contributed by atoms with van der Waals surface area (Å²) in [5.74, 6) is 0.565. The van der Waals surface area contributed by atoms with Gasteiger partial charge in [0.25, 0.3) is 0 Å². The quantitative estimate of drug-likeness (QED) is 0.669. The first-order valence-corrected chi connectivity index (χ1v) is 4.73. The fraction of sp³-hybridized carbons (Fsp3) is 0.889. The molecule has 2 atom stereocenters. The van der Waals surface area contributed by atoms with Crippen molar-refractivity contribution in [2.75, 3.05) is 0 Å². The van der Waals surface area contributed by atoms with Crippen LogP contribution in [0.2, 0.25) is 0 Å². The van der Waals surface area contributed by atoms with Crippen molar-refractivity contribution in [3.8, 4) is 0 Å². The van der Waals surface area contributed by atoms with Crippen LogP contribution in [-0.2, 0) is 0 Å². The summed E-state index contributed by atoms with van der Waals surface area (Å²) in [6, 6.07) is 0.209. The topological polar surface area (TPSA) is 49.3 Å². The molecule has 0 aromatic rings. The third kappa shape index (κ3) is 2.40. The normalized spacial score (nSPS) is 29.8. The molecule has 0 aromatic carbocycles. The molecule has 3 nitrogen and oxygen atoms in total. The number of hydrogen-bond donors (Lipinski definition) is 2. The molecule has 1 rings (SSSR count). The van der Waals surface area contributed by atoms with E-state index in [1.54, 1.807) is 0 Å². The Kier molecular flexibility index (Phi) is 3.38. The van der Waals surface area contributed by atoms with Gasteiger partial charge in [-0.1, -0.05) is 26.2 Å². The first-order chi connectivity index (χ1) is 5.74. The Morgan fingerprint density at radius 3 is 2.75 bits per heavy atom. The van der Waals surface area contributed by atoms with Crippen molar-refractivity contribution in [2.24, 2.45) is 5.92 Å². The highest BCUT2D eigenvalue weighted by Gasteiger charge is 2.24. The van der Waals surface area contributed by atoms with Gasteiger partial charge in [0.15, 0.2) is 0 Å². The Hall–Kier alpha value is -0.730. The fourth-order valence-corrected chi connectivity index (χ4v) is 2.04. The second kappa shape index (κ2) is 4.33. The second-order valence-electron chi connectivity index (χ2n) is 3.51. The summed E-state index contributed by atoms with van der Waals surface area (Å²) in [5, 5.41) is 11.2. The summed E-state index contributed by atoms with van der Waals surface area (Å²) < 4.78 is 0. The molecule has 3 heteroatoms. The molecule has 1 amide bonds. The van der Waals surface area contributed by atoms with E-state index in [-0.39, 0.29) is 6.04 Å². The van der Waals surface area contributed by atoms with Gasteiger partial charge in [0.2, 0.25) is 0 Å². The minimum atomic E-state index is -0.875. The molecule has 1 fully saturated rings. The number of amides is 1. The average Bonchev–Trinajstić information content (AvgIpc) is 2.04. The van der Waals surface area contributed by atoms with E-state index in [1.807, 2.05) is 0 Å². The van der Waals surface area contributed by atoms with E-state index < -0.39 is 6.09 Å². The van der Waals surface area contributed by atoms with Crippen molar-refractivity contribution in [3.05, 3.63) is 0 Å². The summed E-state index contributed by atoms with van der Waals surface area (Å²) >= 11 is 0. The molecule has 2 unspecified atom stereocenters. The molecule has 2 N–H and O–H groups in total. The van der Waals surface area contributed by atoms with E-state index in [4.69, 9.17) is 5.11 Å². The van der Waals surface area contributed by atoms with Crippen molar-refractivity contribution in [2.45, 2.75) is 45.1 Å². The molecular formula is C9H17NO2. The van der Waals surface area contributed by atoms with Crippen LogP contribution in [0.15, 0.2) is 0 Å². The lowest BCUT2D eigenvalue weighted by atomic mass is 9.83. The molecule has 70 valence electrons. The number of nitrogens with one attached hydrogen (secondary N) is 1. The van der Waals surface area contributed by atoms with Gasteiger partial charge in [-0.15, -0.1) is 0 Å². The van der Waals surface area contributed by atoms with Gasteiger partial charge in [-0.25, -0.2) is 4.79 Å². The standard InChI is InChI=1S/C9H17NO2/c1-2-7-5-3-4-6-8(7)10-9(11)12/h7-8,10H,2-6H2,1H3,(H,11,12). The average molecular weight is 171 g/mol. The van der Waals surface area contributed by atoms with Crippen molar-refractivity contribution < 1.29 is 9.90 Å². The van der Waals surface area contributed by atoms with Crippen molar-refractivity contribution in [1.82, 2.24) is 5.32 Å². The smallest absolute Gasteiger partial charge is 0.404 e. The lowest BCUT2D eigenvalue weighted by molar-refractivity contribution is 0.174. The Labute approximate surface area is 73.2 Å². The van der Waals surface area contributed by atoms with Crippen molar-refractivity contribution >= 4 is 6.09 Å². The number of carboxylic acid groups (broad SMARTS) is 1. The van der Waals surface area contributed by atoms with Crippen LogP contribution in [0, 0.1) is 5.92 Å². The summed E-state index contributed by atoms with van der Waals surface area (Å²) in [6.07, 6.45) is 4.84. The molecule has 0 radical (unpaired) electrons. The Bertz CT molecular complexity index is 159. The molecule has 0 heterocycles. The predicted molar refractivity (Wildman–Crippen MR) is 47.2 cm³/mol. The van der Waals surface area contributed by atoms with Gasteiger partial charge < -0.3 is 10.4 Å². The van der Waals surface area contributed by atoms with Crippen LogP contribution in [-0.4, -0.2) is 17.2 Å². The van der Waals surface area contributed by atoms with Gasteiger partial charge in [0.05, 0.1) is 0 Å². The van der Waals surface area contributed by atoms with E-state index in [0.29, 0.717) is 5.92 Å². The Morgan fingerprint density at radius 2 is 2.17 bits per heavy atom. The highest BCUT2D eigenvalue weighted by molar-refractivity contribution is 5.64. The van der Waals surface area contributed by atoms with Crippen molar-refractivity contribution in [1.29, 1.82) is 0 Å². The lowest BCUT2D eigenvalue weighted by Crippen LogP contribution is -2.41. The fourth-order valence-electron chi connectivity index (χ4n) is 2.04. The third-order valence-corrected chi connectivity index (χ3v) is 2.74. The van der Waals surface area contributed by atoms with Crippen LogP contribution in [0.4, 0.5) is 4.79 Å². The summed E-state index contributed by atoms with van der Waals surface area (Å²) in [7, 11) is 0. The molecule has 1 saturated carbocycles. The largest absolute Gasteiger partial charge is 0.465 e. The van der Waals surface area contributed by atoms with Gasteiger partial charge in [-0.05, 0) is 18.8 Å². The summed E-state index contributed by atoms with van der Waals surface area (Å²) in [6.45, 7) is 2.13. The van der Waals surface area contributed by atoms with Crippen LogP contribution in [0.1, 0.15) is 39.0 Å². The van der Waals surface area contributed by atoms with Crippen LogP contribution >= 0.6 is 0 Å². The SMILES string of the molecule is CCC1CCCCC1NC(=O)O. The molecule has 1 aliphatic rings. The first-order valence-electron chi connectivity index (χ1n) is 4.73. The molecule has 0 aromatic heterocycles. The van der Waals surface area contributed by atoms with Crippen LogP contribution < -0.4 is 5.32 Å². The minimum Gasteiger partial charge on any atom is -0.465 e. The molecule has 12 heavy (non-hydrogen) atoms. The monoisotopic (exact) mass is 171 g/mol. The summed E-state index contributed by atoms with van der Waals surface area (Å²) in [5.41, 5.74) is 0.